The van der Waals surface area contributed by atoms with Crippen LogP contribution in [0.5, 0.6) is 0 Å². The van der Waals surface area contributed by atoms with Crippen LogP contribution in [0.1, 0.15) is 52.1 Å². The van der Waals surface area contributed by atoms with Gasteiger partial charge in [0.25, 0.3) is 5.54 Å². The van der Waals surface area contributed by atoms with Gasteiger partial charge in [-0.1, -0.05) is 44.2 Å². The molecule has 2 aliphatic rings. The molecule has 0 unspecified atom stereocenters. The molecule has 0 saturated heterocycles. The summed E-state index contributed by atoms with van der Waals surface area (Å²) in [6.45, 7) is 6.11. The van der Waals surface area contributed by atoms with Crippen molar-refractivity contribution in [1.29, 1.82) is 0 Å². The predicted octanol–water partition coefficient (Wildman–Crippen LogP) is 5.99. The van der Waals surface area contributed by atoms with Gasteiger partial charge in [0, 0.05) is 12.1 Å². The van der Waals surface area contributed by atoms with Crippen LogP contribution in [-0.4, -0.2) is 34.4 Å². The number of hydrogen-bond acceptors (Lipinski definition) is 3. The number of amidine groups is 1. The smallest absolute Gasteiger partial charge is 0.326 e. The van der Waals surface area contributed by atoms with E-state index < -0.39 is 53.0 Å². The number of nitrogens with zero attached hydrogens (tertiary/aromatic N) is 2. The third-order valence-corrected chi connectivity index (χ3v) is 5.67. The molecule has 1 aromatic rings. The Bertz CT molecular complexity index is 898. The SMILES string of the molecule is CC1=NC(C(F)(F)F)(C(F)(F)F)C2=C(CC(C)(C)CC2=O)N1[C@H](C)c1ccccc1. The second kappa shape index (κ2) is 6.85. The predicted molar refractivity (Wildman–Crippen MR) is 99.7 cm³/mol. The zero-order valence-corrected chi connectivity index (χ0v) is 16.9. The van der Waals surface area contributed by atoms with Gasteiger partial charge in [-0.3, -0.25) is 4.79 Å². The van der Waals surface area contributed by atoms with E-state index in [-0.39, 0.29) is 12.1 Å². The Morgan fingerprint density at radius 3 is 2.03 bits per heavy atom. The number of ketones is 1. The first-order valence-corrected chi connectivity index (χ1v) is 9.43. The van der Waals surface area contributed by atoms with E-state index >= 15 is 0 Å². The van der Waals surface area contributed by atoms with Crippen molar-refractivity contribution < 1.29 is 31.1 Å². The zero-order chi connectivity index (χ0) is 22.7. The number of hydrogen-bond donors (Lipinski definition) is 0. The van der Waals surface area contributed by atoms with Crippen molar-refractivity contribution in [2.45, 2.75) is 64.5 Å². The molecule has 1 atom stereocenters. The minimum absolute atomic E-state index is 0.105. The Morgan fingerprint density at radius 1 is 1.00 bits per heavy atom. The molecule has 0 N–H and O–H groups in total. The number of alkyl halides is 6. The lowest BCUT2D eigenvalue weighted by molar-refractivity contribution is -0.283. The molecule has 164 valence electrons. The summed E-state index contributed by atoms with van der Waals surface area (Å²) in [4.78, 5) is 17.3. The third-order valence-electron chi connectivity index (χ3n) is 5.67. The van der Waals surface area contributed by atoms with E-state index in [0.29, 0.717) is 5.56 Å². The van der Waals surface area contributed by atoms with E-state index in [1.165, 1.54) is 4.90 Å². The minimum Gasteiger partial charge on any atom is -0.326 e. The molecule has 3 rings (SSSR count). The summed E-state index contributed by atoms with van der Waals surface area (Å²) in [5.74, 6) is -1.59. The lowest BCUT2D eigenvalue weighted by Crippen LogP contribution is -2.63. The van der Waals surface area contributed by atoms with Gasteiger partial charge in [-0.05, 0) is 31.2 Å². The molecule has 1 aliphatic carbocycles. The van der Waals surface area contributed by atoms with Crippen LogP contribution in [-0.2, 0) is 4.79 Å². The van der Waals surface area contributed by atoms with Crippen LogP contribution >= 0.6 is 0 Å². The highest BCUT2D eigenvalue weighted by Crippen LogP contribution is 2.57. The fourth-order valence-corrected chi connectivity index (χ4v) is 4.42. The molecule has 0 saturated carbocycles. The number of Topliss-reactive ketones (excluding diaryl/α,β-unsaturated/α-hetero) is 1. The Kier molecular flexibility index (Phi) is 5.11. The third kappa shape index (κ3) is 3.32. The van der Waals surface area contributed by atoms with Gasteiger partial charge in [0.1, 0.15) is 5.84 Å². The molecule has 0 radical (unpaired) electrons. The first-order chi connectivity index (χ1) is 13.6. The van der Waals surface area contributed by atoms with Crippen LogP contribution in [0.4, 0.5) is 26.3 Å². The fourth-order valence-electron chi connectivity index (χ4n) is 4.42. The van der Waals surface area contributed by atoms with Crippen LogP contribution in [0.15, 0.2) is 46.6 Å². The highest BCUT2D eigenvalue weighted by molar-refractivity contribution is 6.03. The summed E-state index contributed by atoms with van der Waals surface area (Å²) in [6, 6.07) is 8.05. The van der Waals surface area contributed by atoms with Gasteiger partial charge in [0.15, 0.2) is 5.78 Å². The van der Waals surface area contributed by atoms with Gasteiger partial charge < -0.3 is 4.90 Å². The largest absolute Gasteiger partial charge is 0.427 e. The number of rotatable bonds is 2. The molecule has 9 heteroatoms. The zero-order valence-electron chi connectivity index (χ0n) is 16.9. The van der Waals surface area contributed by atoms with Crippen molar-refractivity contribution >= 4 is 11.6 Å². The van der Waals surface area contributed by atoms with E-state index in [1.54, 1.807) is 51.1 Å². The van der Waals surface area contributed by atoms with Crippen molar-refractivity contribution in [2.24, 2.45) is 10.4 Å². The van der Waals surface area contributed by atoms with Gasteiger partial charge in [-0.2, -0.15) is 26.3 Å². The van der Waals surface area contributed by atoms with Crippen molar-refractivity contribution in [3.8, 4) is 0 Å². The molecule has 1 heterocycles. The molecule has 0 aromatic heterocycles. The maximum Gasteiger partial charge on any atom is 0.427 e. The summed E-state index contributed by atoms with van der Waals surface area (Å²) < 4.78 is 84.1. The summed E-state index contributed by atoms with van der Waals surface area (Å²) >= 11 is 0. The molecular formula is C21H22F6N2O. The average molecular weight is 432 g/mol. The van der Waals surface area contributed by atoms with Crippen LogP contribution in [0.2, 0.25) is 0 Å². The Labute approximate surface area is 170 Å². The molecule has 0 spiro atoms. The van der Waals surface area contributed by atoms with Gasteiger partial charge in [-0.15, -0.1) is 0 Å². The van der Waals surface area contributed by atoms with Crippen LogP contribution in [0.3, 0.4) is 0 Å². The Morgan fingerprint density at radius 2 is 1.53 bits per heavy atom. The van der Waals surface area contributed by atoms with Crippen molar-refractivity contribution in [3.63, 3.8) is 0 Å². The number of carbonyl (C=O) groups is 1. The van der Waals surface area contributed by atoms with E-state index in [0.717, 1.165) is 6.92 Å². The summed E-state index contributed by atoms with van der Waals surface area (Å²) in [5, 5.41) is 0. The molecule has 1 aromatic carbocycles. The number of allylic oxidation sites excluding steroid dienone is 1. The van der Waals surface area contributed by atoms with Gasteiger partial charge in [0.2, 0.25) is 0 Å². The van der Waals surface area contributed by atoms with Crippen molar-refractivity contribution in [2.75, 3.05) is 0 Å². The maximum atomic E-state index is 14.0. The normalized spacial score (nSPS) is 22.5. The molecule has 0 bridgehead atoms. The van der Waals surface area contributed by atoms with E-state index in [4.69, 9.17) is 0 Å². The molecule has 1 aliphatic heterocycles. The molecule has 0 amide bonds. The Hall–Kier alpha value is -2.32. The van der Waals surface area contributed by atoms with E-state index in [9.17, 15) is 31.1 Å². The monoisotopic (exact) mass is 432 g/mol. The van der Waals surface area contributed by atoms with Crippen molar-refractivity contribution in [1.82, 2.24) is 4.90 Å². The summed E-state index contributed by atoms with van der Waals surface area (Å²) in [7, 11) is 0. The second-order valence-electron chi connectivity index (χ2n) is 8.58. The second-order valence-corrected chi connectivity index (χ2v) is 8.58. The number of carbonyl (C=O) groups excluding carboxylic acids is 1. The molecule has 3 nitrogen and oxygen atoms in total. The first-order valence-electron chi connectivity index (χ1n) is 9.43. The topological polar surface area (TPSA) is 32.7 Å². The first kappa shape index (κ1) is 22.4. The quantitative estimate of drug-likeness (QED) is 0.538. The standard InChI is InChI=1S/C21H22F6N2O/c1-12(14-8-6-5-7-9-14)29-13(2)28-19(20(22,23)24,21(25,26)27)17-15(29)10-18(3,4)11-16(17)30/h5-9,12H,10-11H2,1-4H3/t12-/m1/s1. The summed E-state index contributed by atoms with van der Waals surface area (Å²) in [5.41, 5.74) is -6.21. The minimum atomic E-state index is -5.81. The average Bonchev–Trinajstić information content (AvgIpc) is 2.58. The Balaban J connectivity index is 2.34. The number of halogens is 6. The maximum absolute atomic E-state index is 14.0. The van der Waals surface area contributed by atoms with Crippen molar-refractivity contribution in [3.05, 3.63) is 47.2 Å². The summed E-state index contributed by atoms with van der Waals surface area (Å²) in [6.07, 6.45) is -12.1. The fraction of sp³-hybridized carbons (Fsp3) is 0.524. The van der Waals surface area contributed by atoms with E-state index in [1.807, 2.05) is 0 Å². The molecule has 0 fully saturated rings. The van der Waals surface area contributed by atoms with Crippen LogP contribution in [0, 0.1) is 5.41 Å². The van der Waals surface area contributed by atoms with E-state index in [2.05, 4.69) is 4.99 Å². The van der Waals surface area contributed by atoms with Crippen LogP contribution in [0.25, 0.3) is 0 Å². The van der Waals surface area contributed by atoms with Gasteiger partial charge >= 0.3 is 12.4 Å². The number of benzene rings is 1. The highest BCUT2D eigenvalue weighted by Gasteiger charge is 2.76. The van der Waals surface area contributed by atoms with Gasteiger partial charge in [-0.25, -0.2) is 4.99 Å². The van der Waals surface area contributed by atoms with Gasteiger partial charge in [0.05, 0.1) is 11.6 Å². The lowest BCUT2D eigenvalue weighted by Gasteiger charge is -2.49. The number of aliphatic imine (C=N–C) groups is 1. The van der Waals surface area contributed by atoms with Crippen LogP contribution < -0.4 is 0 Å². The molecule has 30 heavy (non-hydrogen) atoms. The lowest BCUT2D eigenvalue weighted by atomic mass is 9.69. The molecular weight excluding hydrogens is 410 g/mol. The highest BCUT2D eigenvalue weighted by atomic mass is 19.4.